The molecule has 29 heavy (non-hydrogen) atoms. The number of alkyl halides is 1. The van der Waals surface area contributed by atoms with Crippen LogP contribution in [0.2, 0.25) is 0 Å². The van der Waals surface area contributed by atoms with Crippen molar-refractivity contribution in [3.05, 3.63) is 97.1 Å². The maximum atomic E-state index is 3.59. The fraction of sp³-hybridized carbons (Fsp3) is 0.111. The first-order valence-electron chi connectivity index (χ1n) is 10.1. The molecular formula is C27H22BrN. The van der Waals surface area contributed by atoms with Gasteiger partial charge in [-0.1, -0.05) is 88.7 Å². The van der Waals surface area contributed by atoms with Gasteiger partial charge in [0.1, 0.15) is 0 Å². The molecule has 0 bridgehead atoms. The molecule has 0 N–H and O–H groups in total. The summed E-state index contributed by atoms with van der Waals surface area (Å²) in [4.78, 5) is 0. The zero-order valence-corrected chi connectivity index (χ0v) is 17.8. The fourth-order valence-corrected chi connectivity index (χ4v) is 4.43. The van der Waals surface area contributed by atoms with Crippen molar-refractivity contribution < 1.29 is 0 Å². The molecule has 0 aliphatic carbocycles. The summed E-state index contributed by atoms with van der Waals surface area (Å²) in [6.45, 7) is 1.01. The van der Waals surface area contributed by atoms with Crippen molar-refractivity contribution in [2.75, 3.05) is 5.33 Å². The molecular weight excluding hydrogens is 418 g/mol. The van der Waals surface area contributed by atoms with Crippen molar-refractivity contribution in [3.63, 3.8) is 0 Å². The summed E-state index contributed by atoms with van der Waals surface area (Å²) >= 11 is 3.59. The Morgan fingerprint density at radius 2 is 1.03 bits per heavy atom. The summed E-state index contributed by atoms with van der Waals surface area (Å²) in [6, 6.07) is 35.1. The van der Waals surface area contributed by atoms with Gasteiger partial charge in [-0.15, -0.1) is 0 Å². The average Bonchev–Trinajstić information content (AvgIpc) is 3.11. The molecule has 0 atom stereocenters. The normalized spacial score (nSPS) is 11.3. The summed E-state index contributed by atoms with van der Waals surface area (Å²) in [5.74, 6) is 0. The third-order valence-electron chi connectivity index (χ3n) is 5.59. The smallest absolute Gasteiger partial charge is 0.0491 e. The topological polar surface area (TPSA) is 4.93 Å². The van der Waals surface area contributed by atoms with Gasteiger partial charge in [0.05, 0.1) is 0 Å². The van der Waals surface area contributed by atoms with Gasteiger partial charge >= 0.3 is 0 Å². The molecule has 0 aliphatic heterocycles. The van der Waals surface area contributed by atoms with Crippen LogP contribution < -0.4 is 0 Å². The number of fused-ring (bicyclic) bond motifs is 3. The van der Waals surface area contributed by atoms with Gasteiger partial charge in [-0.3, -0.25) is 0 Å². The van der Waals surface area contributed by atoms with E-state index in [-0.39, 0.29) is 0 Å². The Morgan fingerprint density at radius 1 is 0.552 bits per heavy atom. The van der Waals surface area contributed by atoms with Crippen LogP contribution in [-0.2, 0) is 6.54 Å². The second-order valence-corrected chi connectivity index (χ2v) is 8.18. The number of aromatic nitrogens is 1. The molecule has 0 unspecified atom stereocenters. The number of hydrogen-bond acceptors (Lipinski definition) is 0. The van der Waals surface area contributed by atoms with E-state index in [0.717, 1.165) is 18.3 Å². The quantitative estimate of drug-likeness (QED) is 0.245. The molecule has 2 heteroatoms. The average molecular weight is 440 g/mol. The maximum Gasteiger partial charge on any atom is 0.0491 e. The number of halogens is 1. The maximum absolute atomic E-state index is 3.59. The third kappa shape index (κ3) is 3.38. The van der Waals surface area contributed by atoms with Crippen molar-refractivity contribution in [2.45, 2.75) is 13.0 Å². The Bertz CT molecular complexity index is 1170. The molecule has 0 fully saturated rings. The first kappa shape index (κ1) is 18.2. The van der Waals surface area contributed by atoms with Crippen LogP contribution in [0.15, 0.2) is 97.1 Å². The van der Waals surface area contributed by atoms with E-state index in [1.165, 1.54) is 44.1 Å². The van der Waals surface area contributed by atoms with Crippen molar-refractivity contribution in [3.8, 4) is 22.3 Å². The molecule has 1 nitrogen and oxygen atoms in total. The van der Waals surface area contributed by atoms with Gasteiger partial charge in [0.2, 0.25) is 0 Å². The number of nitrogens with zero attached hydrogens (tertiary/aromatic N) is 1. The Morgan fingerprint density at radius 3 is 1.48 bits per heavy atom. The fourth-order valence-electron chi connectivity index (χ4n) is 4.18. The summed E-state index contributed by atoms with van der Waals surface area (Å²) in [5, 5.41) is 3.67. The van der Waals surface area contributed by atoms with Crippen molar-refractivity contribution >= 4 is 37.7 Å². The molecule has 1 aromatic heterocycles. The zero-order chi connectivity index (χ0) is 19.6. The van der Waals surface area contributed by atoms with E-state index in [2.05, 4.69) is 118 Å². The minimum atomic E-state index is 1.01. The van der Waals surface area contributed by atoms with Crippen LogP contribution >= 0.6 is 15.9 Å². The van der Waals surface area contributed by atoms with Gasteiger partial charge in [0, 0.05) is 33.7 Å². The van der Waals surface area contributed by atoms with E-state index >= 15 is 0 Å². The minimum Gasteiger partial charge on any atom is -0.340 e. The first-order valence-corrected chi connectivity index (χ1v) is 11.2. The minimum absolute atomic E-state index is 1.01. The van der Waals surface area contributed by atoms with Crippen LogP contribution in [0.1, 0.15) is 6.42 Å². The molecule has 4 aromatic carbocycles. The Hall–Kier alpha value is -2.84. The van der Waals surface area contributed by atoms with E-state index in [1.54, 1.807) is 0 Å². The van der Waals surface area contributed by atoms with E-state index in [0.29, 0.717) is 0 Å². The zero-order valence-electron chi connectivity index (χ0n) is 16.2. The Kier molecular flexibility index (Phi) is 4.95. The van der Waals surface area contributed by atoms with Crippen LogP contribution in [-0.4, -0.2) is 9.90 Å². The number of benzene rings is 4. The molecule has 0 saturated carbocycles. The Labute approximate surface area is 179 Å². The summed E-state index contributed by atoms with van der Waals surface area (Å²) in [6.07, 6.45) is 1.11. The SMILES string of the molecule is BrCCCn1c2ccc(-c3ccccc3)cc2c2cc(-c3ccccc3)ccc21. The van der Waals surface area contributed by atoms with Gasteiger partial charge < -0.3 is 4.57 Å². The predicted molar refractivity (Wildman–Crippen MR) is 129 cm³/mol. The molecule has 1 heterocycles. The van der Waals surface area contributed by atoms with Crippen molar-refractivity contribution in [2.24, 2.45) is 0 Å². The summed E-state index contributed by atoms with van der Waals surface area (Å²) in [5.41, 5.74) is 7.67. The highest BCUT2D eigenvalue weighted by Gasteiger charge is 2.13. The lowest BCUT2D eigenvalue weighted by molar-refractivity contribution is 0.732. The highest BCUT2D eigenvalue weighted by Crippen LogP contribution is 2.35. The van der Waals surface area contributed by atoms with Crippen LogP contribution in [0, 0.1) is 0 Å². The van der Waals surface area contributed by atoms with Crippen LogP contribution in [0.3, 0.4) is 0 Å². The largest absolute Gasteiger partial charge is 0.340 e. The molecule has 0 saturated heterocycles. The number of hydrogen-bond donors (Lipinski definition) is 0. The molecule has 0 amide bonds. The monoisotopic (exact) mass is 439 g/mol. The lowest BCUT2D eigenvalue weighted by atomic mass is 10.0. The third-order valence-corrected chi connectivity index (χ3v) is 6.16. The molecule has 5 rings (SSSR count). The highest BCUT2D eigenvalue weighted by molar-refractivity contribution is 9.09. The summed E-state index contributed by atoms with van der Waals surface area (Å²) < 4.78 is 2.47. The molecule has 0 spiro atoms. The van der Waals surface area contributed by atoms with Crippen LogP contribution in [0.5, 0.6) is 0 Å². The van der Waals surface area contributed by atoms with Gasteiger partial charge in [0.15, 0.2) is 0 Å². The standard InChI is InChI=1S/C27H22BrN/c28-16-7-17-29-26-14-12-22(20-8-3-1-4-9-20)18-24(26)25-19-23(13-15-27(25)29)21-10-5-2-6-11-21/h1-6,8-15,18-19H,7,16-17H2. The second kappa shape index (κ2) is 7.88. The van der Waals surface area contributed by atoms with E-state index < -0.39 is 0 Å². The van der Waals surface area contributed by atoms with Gasteiger partial charge in [-0.05, 0) is 52.9 Å². The predicted octanol–water partition coefficient (Wildman–Crippen LogP) is 7.91. The number of aryl methyl sites for hydroxylation is 1. The van der Waals surface area contributed by atoms with Crippen molar-refractivity contribution in [1.82, 2.24) is 4.57 Å². The van der Waals surface area contributed by atoms with Gasteiger partial charge in [-0.2, -0.15) is 0 Å². The molecule has 142 valence electrons. The molecule has 0 radical (unpaired) electrons. The van der Waals surface area contributed by atoms with E-state index in [1.807, 2.05) is 0 Å². The first-order chi connectivity index (χ1) is 14.3. The number of rotatable bonds is 5. The van der Waals surface area contributed by atoms with E-state index in [4.69, 9.17) is 0 Å². The van der Waals surface area contributed by atoms with Crippen LogP contribution in [0.4, 0.5) is 0 Å². The molecule has 5 aromatic rings. The molecule has 0 aliphatic rings. The second-order valence-electron chi connectivity index (χ2n) is 7.39. The summed E-state index contributed by atoms with van der Waals surface area (Å²) in [7, 11) is 0. The van der Waals surface area contributed by atoms with Gasteiger partial charge in [-0.25, -0.2) is 0 Å². The van der Waals surface area contributed by atoms with Gasteiger partial charge in [0.25, 0.3) is 0 Å². The van der Waals surface area contributed by atoms with Crippen LogP contribution in [0.25, 0.3) is 44.1 Å². The lowest BCUT2D eigenvalue weighted by Gasteiger charge is -2.07. The highest BCUT2D eigenvalue weighted by atomic mass is 79.9. The lowest BCUT2D eigenvalue weighted by Crippen LogP contribution is -1.98. The Balaban J connectivity index is 1.76. The van der Waals surface area contributed by atoms with E-state index in [9.17, 15) is 0 Å². The van der Waals surface area contributed by atoms with Crippen molar-refractivity contribution in [1.29, 1.82) is 0 Å².